The van der Waals surface area contributed by atoms with Gasteiger partial charge in [0.1, 0.15) is 0 Å². The molecule has 1 atom stereocenters. The van der Waals surface area contributed by atoms with Crippen molar-refractivity contribution >= 4 is 5.91 Å². The van der Waals surface area contributed by atoms with Gasteiger partial charge in [-0.2, -0.15) is 0 Å². The van der Waals surface area contributed by atoms with Gasteiger partial charge in [-0.15, -0.1) is 0 Å². The molecule has 0 aliphatic carbocycles. The van der Waals surface area contributed by atoms with Crippen LogP contribution in [0.4, 0.5) is 0 Å². The van der Waals surface area contributed by atoms with Crippen molar-refractivity contribution in [2.45, 2.75) is 31.8 Å². The summed E-state index contributed by atoms with van der Waals surface area (Å²) in [5, 5.41) is 3.02. The van der Waals surface area contributed by atoms with Crippen molar-refractivity contribution in [3.63, 3.8) is 0 Å². The Morgan fingerprint density at radius 3 is 2.65 bits per heavy atom. The number of rotatable bonds is 7. The molecule has 0 radical (unpaired) electrons. The first-order chi connectivity index (χ1) is 15.2. The summed E-state index contributed by atoms with van der Waals surface area (Å²) in [5.74, 6) is 2.95. The van der Waals surface area contributed by atoms with Crippen molar-refractivity contribution < 1.29 is 23.7 Å². The van der Waals surface area contributed by atoms with Gasteiger partial charge in [0.05, 0.1) is 34.0 Å². The number of fused-ring (bicyclic) bond motifs is 1. The van der Waals surface area contributed by atoms with E-state index in [1.54, 1.807) is 14.2 Å². The minimum atomic E-state index is 0.0102. The molecule has 1 fully saturated rings. The molecule has 0 bridgehead atoms. The molecule has 2 aliphatic rings. The first-order valence-electron chi connectivity index (χ1n) is 10.8. The van der Waals surface area contributed by atoms with Crippen LogP contribution in [0.2, 0.25) is 0 Å². The first-order valence-corrected chi connectivity index (χ1v) is 10.8. The van der Waals surface area contributed by atoms with Gasteiger partial charge in [-0.1, -0.05) is 12.1 Å². The number of hydrogen-bond acceptors (Lipinski definition) is 6. The van der Waals surface area contributed by atoms with Gasteiger partial charge < -0.3 is 24.3 Å². The van der Waals surface area contributed by atoms with Crippen molar-refractivity contribution in [2.75, 3.05) is 40.5 Å². The summed E-state index contributed by atoms with van der Waals surface area (Å²) in [5.41, 5.74) is 2.14. The molecule has 7 nitrogen and oxygen atoms in total. The highest BCUT2D eigenvalue weighted by molar-refractivity contribution is 5.78. The number of nitrogens with one attached hydrogen (secondary N) is 1. The summed E-state index contributed by atoms with van der Waals surface area (Å²) >= 11 is 0. The Balaban J connectivity index is 1.36. The van der Waals surface area contributed by atoms with Crippen LogP contribution >= 0.6 is 0 Å². The van der Waals surface area contributed by atoms with E-state index in [9.17, 15) is 4.79 Å². The molecule has 0 aromatic heterocycles. The SMILES string of the molecule is COc1ccc(CNC(=O)CN2CCCC2c2ccc3c(c2)OCCCO3)cc1OC. The summed E-state index contributed by atoms with van der Waals surface area (Å²) < 4.78 is 22.2. The Labute approximate surface area is 183 Å². The van der Waals surface area contributed by atoms with E-state index in [0.29, 0.717) is 37.8 Å². The lowest BCUT2D eigenvalue weighted by Crippen LogP contribution is -2.36. The Kier molecular flexibility index (Phi) is 6.82. The summed E-state index contributed by atoms with van der Waals surface area (Å²) in [4.78, 5) is 14.9. The van der Waals surface area contributed by atoms with Crippen molar-refractivity contribution in [3.05, 3.63) is 47.5 Å². The normalized spacial score (nSPS) is 18.3. The Morgan fingerprint density at radius 1 is 1.03 bits per heavy atom. The second kappa shape index (κ2) is 9.92. The number of carbonyl (C=O) groups is 1. The lowest BCUT2D eigenvalue weighted by Gasteiger charge is -2.25. The maximum Gasteiger partial charge on any atom is 0.234 e. The van der Waals surface area contributed by atoms with Crippen molar-refractivity contribution in [2.24, 2.45) is 0 Å². The lowest BCUT2D eigenvalue weighted by molar-refractivity contribution is -0.122. The van der Waals surface area contributed by atoms with Gasteiger partial charge in [-0.05, 0) is 54.8 Å². The number of methoxy groups -OCH3 is 2. The highest BCUT2D eigenvalue weighted by atomic mass is 16.5. The molecule has 31 heavy (non-hydrogen) atoms. The van der Waals surface area contributed by atoms with E-state index < -0.39 is 0 Å². The Hall–Kier alpha value is -2.93. The van der Waals surface area contributed by atoms with Gasteiger partial charge in [0.25, 0.3) is 0 Å². The zero-order valence-corrected chi connectivity index (χ0v) is 18.2. The summed E-state index contributed by atoms with van der Waals surface area (Å²) in [6.07, 6.45) is 2.99. The molecule has 1 saturated heterocycles. The van der Waals surface area contributed by atoms with Crippen LogP contribution in [0.5, 0.6) is 23.0 Å². The molecule has 1 amide bonds. The van der Waals surface area contributed by atoms with Gasteiger partial charge in [-0.25, -0.2) is 0 Å². The van der Waals surface area contributed by atoms with Gasteiger partial charge in [0.2, 0.25) is 5.91 Å². The van der Waals surface area contributed by atoms with Gasteiger partial charge >= 0.3 is 0 Å². The number of benzene rings is 2. The number of nitrogens with zero attached hydrogens (tertiary/aromatic N) is 1. The molecule has 2 aliphatic heterocycles. The fourth-order valence-corrected chi connectivity index (χ4v) is 4.21. The highest BCUT2D eigenvalue weighted by Crippen LogP contribution is 2.37. The molecule has 1 unspecified atom stereocenters. The predicted octanol–water partition coefficient (Wildman–Crippen LogP) is 3.32. The topological polar surface area (TPSA) is 69.3 Å². The van der Waals surface area contributed by atoms with Crippen molar-refractivity contribution in [1.29, 1.82) is 0 Å². The van der Waals surface area contributed by atoms with E-state index in [-0.39, 0.29) is 11.9 Å². The molecular formula is C24H30N2O5. The van der Waals surface area contributed by atoms with Gasteiger partial charge in [0, 0.05) is 19.0 Å². The number of hydrogen-bond donors (Lipinski definition) is 1. The van der Waals surface area contributed by atoms with Gasteiger partial charge in [-0.3, -0.25) is 9.69 Å². The van der Waals surface area contributed by atoms with Crippen LogP contribution in [0.15, 0.2) is 36.4 Å². The maximum atomic E-state index is 12.7. The third kappa shape index (κ3) is 5.05. The first kappa shape index (κ1) is 21.3. The minimum absolute atomic E-state index is 0.0102. The largest absolute Gasteiger partial charge is 0.493 e. The molecule has 0 spiro atoms. The number of likely N-dealkylation sites (tertiary alicyclic amines) is 1. The molecule has 7 heteroatoms. The maximum absolute atomic E-state index is 12.7. The lowest BCUT2D eigenvalue weighted by atomic mass is 10.0. The quantitative estimate of drug-likeness (QED) is 0.733. The smallest absolute Gasteiger partial charge is 0.234 e. The zero-order chi connectivity index (χ0) is 21.6. The second-order valence-electron chi connectivity index (χ2n) is 7.85. The van der Waals surface area contributed by atoms with E-state index in [0.717, 1.165) is 42.9 Å². The summed E-state index contributed by atoms with van der Waals surface area (Å²) in [7, 11) is 3.21. The van der Waals surface area contributed by atoms with Crippen LogP contribution < -0.4 is 24.3 Å². The average Bonchev–Trinajstić information content (AvgIpc) is 3.12. The van der Waals surface area contributed by atoms with E-state index in [4.69, 9.17) is 18.9 Å². The van der Waals surface area contributed by atoms with Gasteiger partial charge in [0.15, 0.2) is 23.0 Å². The molecule has 2 heterocycles. The van der Waals surface area contributed by atoms with E-state index in [1.807, 2.05) is 24.3 Å². The summed E-state index contributed by atoms with van der Waals surface area (Å²) in [6, 6.07) is 12.0. The molecule has 166 valence electrons. The van der Waals surface area contributed by atoms with Crippen LogP contribution in [0, 0.1) is 0 Å². The second-order valence-corrected chi connectivity index (χ2v) is 7.85. The molecule has 2 aromatic rings. The van der Waals surface area contributed by atoms with E-state index >= 15 is 0 Å². The van der Waals surface area contributed by atoms with Crippen LogP contribution in [0.1, 0.15) is 36.4 Å². The van der Waals surface area contributed by atoms with Crippen LogP contribution in [0.3, 0.4) is 0 Å². The van der Waals surface area contributed by atoms with Crippen LogP contribution in [0.25, 0.3) is 0 Å². The number of carbonyl (C=O) groups excluding carboxylic acids is 1. The highest BCUT2D eigenvalue weighted by Gasteiger charge is 2.28. The van der Waals surface area contributed by atoms with Crippen molar-refractivity contribution in [1.82, 2.24) is 10.2 Å². The van der Waals surface area contributed by atoms with Crippen LogP contribution in [-0.2, 0) is 11.3 Å². The van der Waals surface area contributed by atoms with Crippen molar-refractivity contribution in [3.8, 4) is 23.0 Å². The van der Waals surface area contributed by atoms with Crippen LogP contribution in [-0.4, -0.2) is 51.3 Å². The standard InChI is InChI=1S/C24H30N2O5/c1-28-20-8-6-17(13-22(20)29-2)15-25-24(27)16-26-10-3-5-19(26)18-7-9-21-23(14-18)31-12-4-11-30-21/h6-9,13-14,19H,3-5,10-12,15-16H2,1-2H3,(H,25,27). The molecule has 2 aromatic carbocycles. The zero-order valence-electron chi connectivity index (χ0n) is 18.2. The molecule has 1 N–H and O–H groups in total. The third-order valence-electron chi connectivity index (χ3n) is 5.80. The third-order valence-corrected chi connectivity index (χ3v) is 5.80. The average molecular weight is 427 g/mol. The monoisotopic (exact) mass is 426 g/mol. The Bertz CT molecular complexity index is 917. The van der Waals surface area contributed by atoms with E-state index in [2.05, 4.69) is 22.3 Å². The Morgan fingerprint density at radius 2 is 1.84 bits per heavy atom. The summed E-state index contributed by atoms with van der Waals surface area (Å²) in [6.45, 7) is 3.07. The molecule has 0 saturated carbocycles. The minimum Gasteiger partial charge on any atom is -0.493 e. The molecule has 4 rings (SSSR count). The predicted molar refractivity (Wildman–Crippen MR) is 117 cm³/mol. The number of amides is 1. The fraction of sp³-hybridized carbons (Fsp3) is 0.458. The molecular weight excluding hydrogens is 396 g/mol. The number of ether oxygens (including phenoxy) is 4. The van der Waals surface area contributed by atoms with E-state index in [1.165, 1.54) is 5.56 Å². The fourth-order valence-electron chi connectivity index (χ4n) is 4.21.